The van der Waals surface area contributed by atoms with Gasteiger partial charge < -0.3 is 14.5 Å². The fraction of sp³-hybridized carbons (Fsp3) is 0.429. The molecule has 1 aliphatic heterocycles. The average molecular weight is 455 g/mol. The van der Waals surface area contributed by atoms with Gasteiger partial charge in [0.25, 0.3) is 5.91 Å². The minimum absolute atomic E-state index is 0.0833. The number of thiophene rings is 1. The highest BCUT2D eigenvalue weighted by atomic mass is 35.5. The summed E-state index contributed by atoms with van der Waals surface area (Å²) < 4.78 is 5.07. The maximum absolute atomic E-state index is 13.3. The van der Waals surface area contributed by atoms with Gasteiger partial charge >= 0.3 is 0 Å². The highest BCUT2D eigenvalue weighted by Crippen LogP contribution is 2.39. The number of hydrogen-bond donors (Lipinski definition) is 0. The molecule has 2 heterocycles. The molecule has 29 heavy (non-hydrogen) atoms. The number of aryl methyl sites for hydroxylation is 1. The monoisotopic (exact) mass is 454 g/mol. The van der Waals surface area contributed by atoms with Crippen LogP contribution in [0.3, 0.4) is 0 Å². The van der Waals surface area contributed by atoms with Crippen molar-refractivity contribution in [3.63, 3.8) is 0 Å². The molecule has 1 unspecified atom stereocenters. The molecular weight excluding hydrogens is 431 g/mol. The summed E-state index contributed by atoms with van der Waals surface area (Å²) in [5.74, 6) is -0.618. The number of fused-ring (bicyclic) bond motifs is 1. The van der Waals surface area contributed by atoms with E-state index < -0.39 is 10.7 Å². The summed E-state index contributed by atoms with van der Waals surface area (Å²) in [6.07, 6.45) is 0.806. The van der Waals surface area contributed by atoms with Gasteiger partial charge in [0.2, 0.25) is 5.91 Å². The number of alkyl halides is 2. The Morgan fingerprint density at radius 3 is 2.72 bits per heavy atom. The number of benzene rings is 1. The molecule has 8 heteroatoms. The summed E-state index contributed by atoms with van der Waals surface area (Å²) in [7, 11) is 1.54. The second kappa shape index (κ2) is 9.94. The number of amides is 2. The summed E-state index contributed by atoms with van der Waals surface area (Å²) in [6.45, 7) is 3.13. The van der Waals surface area contributed by atoms with Crippen LogP contribution in [0.2, 0.25) is 0 Å². The Labute approximate surface area is 185 Å². The van der Waals surface area contributed by atoms with Gasteiger partial charge in [0.05, 0.1) is 19.2 Å². The van der Waals surface area contributed by atoms with Gasteiger partial charge in [-0.2, -0.15) is 0 Å². The van der Waals surface area contributed by atoms with Gasteiger partial charge in [0.15, 0.2) is 4.84 Å². The van der Waals surface area contributed by atoms with Crippen molar-refractivity contribution >= 4 is 46.4 Å². The van der Waals surface area contributed by atoms with E-state index in [2.05, 4.69) is 30.5 Å². The molecule has 2 aromatic rings. The van der Waals surface area contributed by atoms with Crippen LogP contribution in [-0.2, 0) is 20.7 Å². The van der Waals surface area contributed by atoms with Crippen LogP contribution in [0.1, 0.15) is 27.6 Å². The van der Waals surface area contributed by atoms with Crippen LogP contribution in [0.25, 0.3) is 0 Å². The standard InChI is InChI=1S/C21H24Cl2N2O3S/c1-14-5-3-4-6-15(14)19-16-8-12-29-17(16)7-9-25(19)18(26)13-24(10-11-28-2)21(27)20(22)23/h3-6,8,12,19-20H,7,9-11,13H2,1-2H3. The zero-order valence-electron chi connectivity index (χ0n) is 16.4. The van der Waals surface area contributed by atoms with Crippen molar-refractivity contribution in [1.82, 2.24) is 9.80 Å². The van der Waals surface area contributed by atoms with Gasteiger partial charge in [0.1, 0.15) is 0 Å². The van der Waals surface area contributed by atoms with Gasteiger partial charge in [-0.25, -0.2) is 0 Å². The Morgan fingerprint density at radius 1 is 1.28 bits per heavy atom. The van der Waals surface area contributed by atoms with E-state index >= 15 is 0 Å². The topological polar surface area (TPSA) is 49.9 Å². The minimum atomic E-state index is -1.21. The number of carbonyl (C=O) groups is 2. The molecule has 1 aromatic carbocycles. The predicted molar refractivity (Wildman–Crippen MR) is 117 cm³/mol. The van der Waals surface area contributed by atoms with Crippen LogP contribution in [0.4, 0.5) is 0 Å². The Bertz CT molecular complexity index is 871. The number of nitrogens with zero attached hydrogens (tertiary/aromatic N) is 2. The molecule has 5 nitrogen and oxygen atoms in total. The van der Waals surface area contributed by atoms with Gasteiger partial charge in [-0.15, -0.1) is 11.3 Å². The molecule has 0 bridgehead atoms. The molecule has 1 aliphatic rings. The van der Waals surface area contributed by atoms with Gasteiger partial charge in [-0.3, -0.25) is 9.59 Å². The molecule has 0 spiro atoms. The third-order valence-electron chi connectivity index (χ3n) is 5.16. The summed E-state index contributed by atoms with van der Waals surface area (Å²) in [5.41, 5.74) is 3.39. The van der Waals surface area contributed by atoms with Crippen LogP contribution in [-0.4, -0.2) is 59.8 Å². The second-order valence-corrected chi connectivity index (χ2v) is 9.05. The molecule has 0 fully saturated rings. The largest absolute Gasteiger partial charge is 0.383 e. The Balaban J connectivity index is 1.90. The molecule has 0 N–H and O–H groups in total. The van der Waals surface area contributed by atoms with Crippen LogP contribution in [0.15, 0.2) is 35.7 Å². The van der Waals surface area contributed by atoms with Gasteiger partial charge in [-0.05, 0) is 41.5 Å². The second-order valence-electron chi connectivity index (χ2n) is 6.95. The third kappa shape index (κ3) is 4.94. The maximum Gasteiger partial charge on any atom is 0.256 e. The quantitative estimate of drug-likeness (QED) is 0.597. The van der Waals surface area contributed by atoms with Crippen molar-refractivity contribution in [2.75, 3.05) is 33.4 Å². The number of rotatable bonds is 7. The normalized spacial score (nSPS) is 16.0. The molecule has 2 amide bonds. The lowest BCUT2D eigenvalue weighted by Gasteiger charge is -2.38. The minimum Gasteiger partial charge on any atom is -0.383 e. The lowest BCUT2D eigenvalue weighted by molar-refractivity contribution is -0.141. The molecule has 0 aliphatic carbocycles. The first kappa shape index (κ1) is 22.1. The maximum atomic E-state index is 13.3. The van der Waals surface area contributed by atoms with E-state index in [4.69, 9.17) is 27.9 Å². The zero-order valence-corrected chi connectivity index (χ0v) is 18.8. The van der Waals surface area contributed by atoms with Gasteiger partial charge in [-0.1, -0.05) is 47.5 Å². The van der Waals surface area contributed by atoms with Crippen molar-refractivity contribution < 1.29 is 14.3 Å². The van der Waals surface area contributed by atoms with E-state index in [1.54, 1.807) is 18.4 Å². The van der Waals surface area contributed by atoms with Crippen molar-refractivity contribution in [2.45, 2.75) is 24.2 Å². The molecule has 3 rings (SSSR count). The van der Waals surface area contributed by atoms with E-state index in [-0.39, 0.29) is 25.0 Å². The predicted octanol–water partition coefficient (Wildman–Crippen LogP) is 3.81. The Morgan fingerprint density at radius 2 is 2.03 bits per heavy atom. The molecule has 0 saturated carbocycles. The van der Waals surface area contributed by atoms with E-state index in [0.29, 0.717) is 13.2 Å². The summed E-state index contributed by atoms with van der Waals surface area (Å²) in [4.78, 5) is 29.0. The van der Waals surface area contributed by atoms with Crippen molar-refractivity contribution in [2.24, 2.45) is 0 Å². The number of ether oxygens (including phenoxy) is 1. The van der Waals surface area contributed by atoms with Crippen molar-refractivity contribution in [1.29, 1.82) is 0 Å². The van der Waals surface area contributed by atoms with Crippen LogP contribution in [0, 0.1) is 6.92 Å². The highest BCUT2D eigenvalue weighted by molar-refractivity contribution is 7.10. The zero-order chi connectivity index (χ0) is 21.0. The lowest BCUT2D eigenvalue weighted by atomic mass is 9.90. The molecule has 156 valence electrons. The number of carbonyl (C=O) groups excluding carboxylic acids is 2. The van der Waals surface area contributed by atoms with Crippen molar-refractivity contribution in [3.05, 3.63) is 57.3 Å². The number of methoxy groups -OCH3 is 1. The van der Waals surface area contributed by atoms with Gasteiger partial charge in [0, 0.05) is 25.1 Å². The molecular formula is C21H24Cl2N2O3S. The van der Waals surface area contributed by atoms with E-state index in [0.717, 1.165) is 23.1 Å². The first-order valence-corrected chi connectivity index (χ1v) is 11.2. The SMILES string of the molecule is COCCN(CC(=O)N1CCc2sccc2C1c1ccccc1C)C(=O)C(Cl)Cl. The van der Waals surface area contributed by atoms with E-state index in [9.17, 15) is 9.59 Å². The molecule has 1 aromatic heterocycles. The molecule has 1 atom stereocenters. The highest BCUT2D eigenvalue weighted by Gasteiger charge is 2.35. The lowest BCUT2D eigenvalue weighted by Crippen LogP contribution is -2.48. The molecule has 0 radical (unpaired) electrons. The average Bonchev–Trinajstić information content (AvgIpc) is 3.19. The first-order chi connectivity index (χ1) is 13.9. The Kier molecular flexibility index (Phi) is 7.57. The van der Waals surface area contributed by atoms with E-state index in [1.165, 1.54) is 9.78 Å². The summed E-state index contributed by atoms with van der Waals surface area (Å²) >= 11 is 13.3. The third-order valence-corrected chi connectivity index (χ3v) is 6.53. The van der Waals surface area contributed by atoms with E-state index in [1.807, 2.05) is 17.0 Å². The fourth-order valence-corrected chi connectivity index (χ4v) is 4.85. The molecule has 0 saturated heterocycles. The van der Waals surface area contributed by atoms with Crippen LogP contribution < -0.4 is 0 Å². The number of hydrogen-bond acceptors (Lipinski definition) is 4. The Hall–Kier alpha value is -1.60. The fourth-order valence-electron chi connectivity index (χ4n) is 3.67. The van der Waals surface area contributed by atoms with Crippen molar-refractivity contribution in [3.8, 4) is 0 Å². The summed E-state index contributed by atoms with van der Waals surface area (Å²) in [5, 5.41) is 2.07. The van der Waals surface area contributed by atoms with Crippen LogP contribution in [0.5, 0.6) is 0 Å². The van der Waals surface area contributed by atoms with Crippen LogP contribution >= 0.6 is 34.5 Å². The first-order valence-electron chi connectivity index (χ1n) is 9.41. The number of halogens is 2. The smallest absolute Gasteiger partial charge is 0.256 e. The summed E-state index contributed by atoms with van der Waals surface area (Å²) in [6, 6.07) is 10.0.